The van der Waals surface area contributed by atoms with Crippen molar-refractivity contribution in [2.24, 2.45) is 0 Å². The zero-order valence-electron chi connectivity index (χ0n) is 19.6. The molecule has 0 saturated heterocycles. The lowest BCUT2D eigenvalue weighted by Crippen LogP contribution is -1.92. The summed E-state index contributed by atoms with van der Waals surface area (Å²) in [6, 6.07) is 39.2. The third-order valence-corrected chi connectivity index (χ3v) is 6.83. The van der Waals surface area contributed by atoms with E-state index in [4.69, 9.17) is 6.42 Å². The minimum absolute atomic E-state index is 0.942. The highest BCUT2D eigenvalue weighted by Gasteiger charge is 2.17. The molecule has 0 nitrogen and oxygen atoms in total. The lowest BCUT2D eigenvalue weighted by Gasteiger charge is -2.18. The summed E-state index contributed by atoms with van der Waals surface area (Å²) in [4.78, 5) is 0. The van der Waals surface area contributed by atoms with E-state index in [2.05, 4.69) is 121 Å². The second-order valence-corrected chi connectivity index (χ2v) is 8.82. The van der Waals surface area contributed by atoms with Crippen LogP contribution in [0.2, 0.25) is 0 Å². The van der Waals surface area contributed by atoms with E-state index in [-0.39, 0.29) is 0 Å². The van der Waals surface area contributed by atoms with Crippen molar-refractivity contribution in [1.29, 1.82) is 0 Å². The standard InChI is InChI=1S/C35H24/c1-3-12-24-19-20-25-21-22-27(23-33(25)28(24)4-2)35-31-17-10-8-15-29(31)34(26-13-6-5-7-14-26)30-16-9-11-18-32(30)35/h2-3,5-23H,1H3. The molecule has 0 radical (unpaired) electrons. The highest BCUT2D eigenvalue weighted by molar-refractivity contribution is 6.21. The van der Waals surface area contributed by atoms with Crippen LogP contribution in [0, 0.1) is 12.3 Å². The summed E-state index contributed by atoms with van der Waals surface area (Å²) in [6.45, 7) is 2.02. The van der Waals surface area contributed by atoms with Gasteiger partial charge in [-0.2, -0.15) is 0 Å². The predicted molar refractivity (Wildman–Crippen MR) is 152 cm³/mol. The summed E-state index contributed by atoms with van der Waals surface area (Å²) in [7, 11) is 0. The van der Waals surface area contributed by atoms with E-state index in [1.165, 1.54) is 43.8 Å². The van der Waals surface area contributed by atoms with Crippen LogP contribution < -0.4 is 0 Å². The summed E-state index contributed by atoms with van der Waals surface area (Å²) in [5.74, 6) is 2.96. The van der Waals surface area contributed by atoms with Crippen LogP contribution in [0.4, 0.5) is 0 Å². The van der Waals surface area contributed by atoms with Crippen LogP contribution in [0.1, 0.15) is 18.1 Å². The Bertz CT molecular complexity index is 1740. The SMILES string of the molecule is C#Cc1c(C=CC)ccc2ccc(-c3c4ccccc4c(-c4ccccc4)c4ccccc34)cc12. The summed E-state index contributed by atoms with van der Waals surface area (Å²) >= 11 is 0. The van der Waals surface area contributed by atoms with Crippen LogP contribution in [0.25, 0.3) is 60.6 Å². The average molecular weight is 445 g/mol. The first kappa shape index (κ1) is 21.0. The van der Waals surface area contributed by atoms with Gasteiger partial charge in [-0.05, 0) is 73.1 Å². The fraction of sp³-hybridized carbons (Fsp3) is 0.0286. The lowest BCUT2D eigenvalue weighted by molar-refractivity contribution is 1.63. The Labute approximate surface area is 206 Å². The number of hydrogen-bond donors (Lipinski definition) is 0. The zero-order valence-corrected chi connectivity index (χ0v) is 19.6. The smallest absolute Gasteiger partial charge is 0.0393 e. The Balaban J connectivity index is 1.75. The summed E-state index contributed by atoms with van der Waals surface area (Å²) in [5.41, 5.74) is 6.96. The van der Waals surface area contributed by atoms with Gasteiger partial charge in [0.25, 0.3) is 0 Å². The molecule has 0 aliphatic heterocycles. The second kappa shape index (κ2) is 8.64. The Morgan fingerprint density at radius 2 is 1.11 bits per heavy atom. The second-order valence-electron chi connectivity index (χ2n) is 8.82. The van der Waals surface area contributed by atoms with Gasteiger partial charge in [-0.25, -0.2) is 0 Å². The maximum Gasteiger partial charge on any atom is 0.0393 e. The van der Waals surface area contributed by atoms with Crippen molar-refractivity contribution in [3.05, 3.63) is 126 Å². The molecule has 0 fully saturated rings. The van der Waals surface area contributed by atoms with Crippen LogP contribution in [-0.4, -0.2) is 0 Å². The van der Waals surface area contributed by atoms with E-state index in [0.717, 1.165) is 21.9 Å². The molecule has 35 heavy (non-hydrogen) atoms. The van der Waals surface area contributed by atoms with E-state index in [9.17, 15) is 0 Å². The van der Waals surface area contributed by atoms with Crippen LogP contribution in [-0.2, 0) is 0 Å². The van der Waals surface area contributed by atoms with Crippen molar-refractivity contribution < 1.29 is 0 Å². The molecule has 0 unspecified atom stereocenters. The molecular weight excluding hydrogens is 420 g/mol. The van der Waals surface area contributed by atoms with Gasteiger partial charge >= 0.3 is 0 Å². The van der Waals surface area contributed by atoms with Crippen LogP contribution in [0.5, 0.6) is 0 Å². The molecule has 0 N–H and O–H groups in total. The molecule has 0 heteroatoms. The zero-order chi connectivity index (χ0) is 23.8. The summed E-state index contributed by atoms with van der Waals surface area (Å²) < 4.78 is 0. The van der Waals surface area contributed by atoms with Crippen molar-refractivity contribution in [2.45, 2.75) is 6.92 Å². The molecule has 0 atom stereocenters. The number of allylic oxidation sites excluding steroid dienone is 1. The van der Waals surface area contributed by atoms with Gasteiger partial charge in [-0.15, -0.1) is 6.42 Å². The number of fused-ring (bicyclic) bond motifs is 3. The van der Waals surface area contributed by atoms with Crippen molar-refractivity contribution in [1.82, 2.24) is 0 Å². The van der Waals surface area contributed by atoms with E-state index in [1.54, 1.807) is 0 Å². The number of terminal acetylenes is 1. The predicted octanol–water partition coefficient (Wildman–Crippen LogP) is 9.49. The Morgan fingerprint density at radius 1 is 0.571 bits per heavy atom. The largest absolute Gasteiger partial charge is 0.115 e. The molecule has 6 aromatic carbocycles. The first-order valence-electron chi connectivity index (χ1n) is 12.0. The topological polar surface area (TPSA) is 0 Å². The molecule has 0 saturated carbocycles. The molecule has 0 aliphatic carbocycles. The molecule has 0 amide bonds. The molecule has 0 spiro atoms. The van der Waals surface area contributed by atoms with Crippen molar-refractivity contribution in [2.75, 3.05) is 0 Å². The number of hydrogen-bond acceptors (Lipinski definition) is 0. The minimum Gasteiger partial charge on any atom is -0.115 e. The average Bonchev–Trinajstić information content (AvgIpc) is 2.92. The normalized spacial score (nSPS) is 11.4. The molecule has 0 aromatic heterocycles. The van der Waals surface area contributed by atoms with Gasteiger partial charge in [0.15, 0.2) is 0 Å². The Morgan fingerprint density at radius 3 is 1.69 bits per heavy atom. The Kier molecular flexibility index (Phi) is 5.17. The highest BCUT2D eigenvalue weighted by atomic mass is 14.2. The van der Waals surface area contributed by atoms with Gasteiger partial charge in [0.1, 0.15) is 0 Å². The molecule has 0 bridgehead atoms. The van der Waals surface area contributed by atoms with Gasteiger partial charge in [0.05, 0.1) is 0 Å². The molecule has 6 rings (SSSR count). The molecular formula is C35H24. The highest BCUT2D eigenvalue weighted by Crippen LogP contribution is 2.44. The summed E-state index contributed by atoms with van der Waals surface area (Å²) in [6.07, 6.45) is 10.1. The maximum absolute atomic E-state index is 6.02. The third-order valence-electron chi connectivity index (χ3n) is 6.83. The van der Waals surface area contributed by atoms with E-state index in [0.29, 0.717) is 0 Å². The van der Waals surface area contributed by atoms with Crippen molar-refractivity contribution in [3.8, 4) is 34.6 Å². The maximum atomic E-state index is 6.02. The summed E-state index contributed by atoms with van der Waals surface area (Å²) in [5, 5.41) is 7.28. The van der Waals surface area contributed by atoms with Gasteiger partial charge in [0, 0.05) is 5.56 Å². The van der Waals surface area contributed by atoms with E-state index < -0.39 is 0 Å². The Hall–Kier alpha value is -4.60. The van der Waals surface area contributed by atoms with Crippen LogP contribution in [0.3, 0.4) is 0 Å². The molecule has 0 heterocycles. The van der Waals surface area contributed by atoms with Crippen molar-refractivity contribution in [3.63, 3.8) is 0 Å². The fourth-order valence-corrected chi connectivity index (χ4v) is 5.33. The fourth-order valence-electron chi connectivity index (χ4n) is 5.33. The van der Waals surface area contributed by atoms with Crippen LogP contribution in [0.15, 0.2) is 115 Å². The van der Waals surface area contributed by atoms with Gasteiger partial charge in [-0.3, -0.25) is 0 Å². The van der Waals surface area contributed by atoms with Gasteiger partial charge in [0.2, 0.25) is 0 Å². The molecule has 6 aromatic rings. The monoisotopic (exact) mass is 444 g/mol. The molecule has 0 aliphatic rings. The first-order valence-corrected chi connectivity index (χ1v) is 12.0. The first-order chi connectivity index (χ1) is 17.3. The van der Waals surface area contributed by atoms with Gasteiger partial charge < -0.3 is 0 Å². The third kappa shape index (κ3) is 3.41. The minimum atomic E-state index is 0.942. The van der Waals surface area contributed by atoms with Gasteiger partial charge in [-0.1, -0.05) is 121 Å². The molecule has 164 valence electrons. The van der Waals surface area contributed by atoms with E-state index in [1.807, 2.05) is 13.0 Å². The number of rotatable bonds is 3. The quantitative estimate of drug-likeness (QED) is 0.188. The van der Waals surface area contributed by atoms with Crippen molar-refractivity contribution >= 4 is 38.4 Å². The lowest BCUT2D eigenvalue weighted by atomic mass is 9.85. The van der Waals surface area contributed by atoms with E-state index >= 15 is 0 Å². The van der Waals surface area contributed by atoms with Crippen LogP contribution >= 0.6 is 0 Å². The number of benzene rings is 6.